The van der Waals surface area contributed by atoms with Crippen molar-refractivity contribution in [3.05, 3.63) is 23.8 Å². The van der Waals surface area contributed by atoms with Gasteiger partial charge in [0.05, 0.1) is 0 Å². The zero-order valence-corrected chi connectivity index (χ0v) is 13.0. The van der Waals surface area contributed by atoms with Crippen LogP contribution in [0.5, 0.6) is 11.5 Å². The Morgan fingerprint density at radius 3 is 2.67 bits per heavy atom. The third-order valence-electron chi connectivity index (χ3n) is 5.10. The largest absolute Gasteiger partial charge is 0.486 e. The molecule has 0 radical (unpaired) electrons. The van der Waals surface area contributed by atoms with E-state index < -0.39 is 0 Å². The van der Waals surface area contributed by atoms with E-state index in [2.05, 4.69) is 31.4 Å². The first kappa shape index (κ1) is 14.7. The normalized spacial score (nSPS) is 25.4. The number of nitrogens with one attached hydrogen (secondary N) is 1. The summed E-state index contributed by atoms with van der Waals surface area (Å²) in [7, 11) is 0. The van der Waals surface area contributed by atoms with E-state index in [0.717, 1.165) is 11.5 Å². The molecule has 3 N–H and O–H groups in total. The maximum Gasteiger partial charge on any atom is 0.161 e. The van der Waals surface area contributed by atoms with Gasteiger partial charge >= 0.3 is 0 Å². The fourth-order valence-corrected chi connectivity index (χ4v) is 3.84. The van der Waals surface area contributed by atoms with Gasteiger partial charge in [0.1, 0.15) is 13.2 Å². The highest BCUT2D eigenvalue weighted by atomic mass is 16.6. The maximum absolute atomic E-state index is 5.91. The molecule has 2 unspecified atom stereocenters. The third-order valence-corrected chi connectivity index (χ3v) is 5.10. The smallest absolute Gasteiger partial charge is 0.161 e. The molecular weight excluding hydrogens is 264 g/mol. The summed E-state index contributed by atoms with van der Waals surface area (Å²) in [5, 5.41) is 0. The fourth-order valence-electron chi connectivity index (χ4n) is 3.84. The molecule has 4 heteroatoms. The molecule has 21 heavy (non-hydrogen) atoms. The predicted octanol–water partition coefficient (Wildman–Crippen LogP) is 3.18. The average molecular weight is 290 g/mol. The highest BCUT2D eigenvalue weighted by molar-refractivity contribution is 5.44. The molecule has 0 amide bonds. The zero-order valence-electron chi connectivity index (χ0n) is 13.0. The van der Waals surface area contributed by atoms with Crippen LogP contribution in [0, 0.1) is 11.3 Å². The van der Waals surface area contributed by atoms with Crippen LogP contribution in [0.3, 0.4) is 0 Å². The van der Waals surface area contributed by atoms with Crippen LogP contribution in [0.25, 0.3) is 0 Å². The van der Waals surface area contributed by atoms with Gasteiger partial charge in [0, 0.05) is 6.04 Å². The molecule has 3 rings (SSSR count). The Morgan fingerprint density at radius 1 is 1.19 bits per heavy atom. The summed E-state index contributed by atoms with van der Waals surface area (Å²) in [5.41, 5.74) is 4.56. The van der Waals surface area contributed by atoms with Crippen molar-refractivity contribution in [1.82, 2.24) is 5.43 Å². The first-order valence-corrected chi connectivity index (χ1v) is 7.97. The van der Waals surface area contributed by atoms with E-state index in [-0.39, 0.29) is 6.04 Å². The number of nitrogens with two attached hydrogens (primary N) is 1. The number of hydrogen-bond donors (Lipinski definition) is 2. The lowest BCUT2D eigenvalue weighted by Crippen LogP contribution is -2.41. The van der Waals surface area contributed by atoms with Crippen LogP contribution >= 0.6 is 0 Å². The standard InChI is InChI=1S/C17H26N2O2/c1-17(2)8-4-3-5-13(17)16(19-18)12-6-7-14-15(11-12)21-10-9-20-14/h6-7,11,13,16,19H,3-5,8-10,18H2,1-2H3. The summed E-state index contributed by atoms with van der Waals surface area (Å²) >= 11 is 0. The minimum absolute atomic E-state index is 0.163. The molecule has 1 aliphatic heterocycles. The van der Waals surface area contributed by atoms with Crippen LogP contribution < -0.4 is 20.7 Å². The van der Waals surface area contributed by atoms with Gasteiger partial charge in [0.25, 0.3) is 0 Å². The van der Waals surface area contributed by atoms with E-state index in [0.29, 0.717) is 24.5 Å². The van der Waals surface area contributed by atoms with Gasteiger partial charge in [-0.3, -0.25) is 11.3 Å². The zero-order chi connectivity index (χ0) is 14.9. The molecule has 1 aromatic carbocycles. The molecule has 1 heterocycles. The van der Waals surface area contributed by atoms with E-state index in [9.17, 15) is 0 Å². The molecule has 1 aromatic rings. The van der Waals surface area contributed by atoms with Gasteiger partial charge in [-0.2, -0.15) is 0 Å². The number of ether oxygens (including phenoxy) is 2. The lowest BCUT2D eigenvalue weighted by atomic mass is 9.65. The van der Waals surface area contributed by atoms with Crippen molar-refractivity contribution in [2.45, 2.75) is 45.6 Å². The van der Waals surface area contributed by atoms with Gasteiger partial charge in [-0.15, -0.1) is 0 Å². The van der Waals surface area contributed by atoms with Crippen molar-refractivity contribution in [3.8, 4) is 11.5 Å². The molecule has 2 aliphatic rings. The second-order valence-corrected chi connectivity index (χ2v) is 6.89. The Morgan fingerprint density at radius 2 is 1.95 bits per heavy atom. The predicted molar refractivity (Wildman–Crippen MR) is 83.2 cm³/mol. The molecule has 0 saturated heterocycles. The summed E-state index contributed by atoms with van der Waals surface area (Å²) in [6.07, 6.45) is 5.09. The van der Waals surface area contributed by atoms with E-state index in [1.54, 1.807) is 0 Å². The topological polar surface area (TPSA) is 56.5 Å². The monoisotopic (exact) mass is 290 g/mol. The molecule has 1 fully saturated rings. The first-order chi connectivity index (χ1) is 10.1. The van der Waals surface area contributed by atoms with Crippen molar-refractivity contribution in [3.63, 3.8) is 0 Å². The van der Waals surface area contributed by atoms with E-state index in [1.807, 2.05) is 6.07 Å². The van der Waals surface area contributed by atoms with Crippen molar-refractivity contribution in [2.75, 3.05) is 13.2 Å². The van der Waals surface area contributed by atoms with Crippen LogP contribution in [0.4, 0.5) is 0 Å². The lowest BCUT2D eigenvalue weighted by Gasteiger charge is -2.43. The Kier molecular flexibility index (Phi) is 4.09. The van der Waals surface area contributed by atoms with Crippen LogP contribution in [0.2, 0.25) is 0 Å². The van der Waals surface area contributed by atoms with Crippen LogP contribution in [-0.2, 0) is 0 Å². The summed E-state index contributed by atoms with van der Waals surface area (Å²) in [6.45, 7) is 5.96. The van der Waals surface area contributed by atoms with Crippen molar-refractivity contribution in [1.29, 1.82) is 0 Å². The summed E-state index contributed by atoms with van der Waals surface area (Å²) in [4.78, 5) is 0. The molecule has 1 saturated carbocycles. The fraction of sp³-hybridized carbons (Fsp3) is 0.647. The van der Waals surface area contributed by atoms with Gasteiger partial charge in [-0.1, -0.05) is 32.8 Å². The molecule has 116 valence electrons. The van der Waals surface area contributed by atoms with Gasteiger partial charge in [-0.05, 0) is 41.9 Å². The van der Waals surface area contributed by atoms with Gasteiger partial charge in [0.2, 0.25) is 0 Å². The van der Waals surface area contributed by atoms with Crippen molar-refractivity contribution >= 4 is 0 Å². The number of benzene rings is 1. The van der Waals surface area contributed by atoms with Gasteiger partial charge in [-0.25, -0.2) is 0 Å². The first-order valence-electron chi connectivity index (χ1n) is 7.97. The Bertz CT molecular complexity index is 502. The minimum Gasteiger partial charge on any atom is -0.486 e. The van der Waals surface area contributed by atoms with Crippen LogP contribution in [0.1, 0.15) is 51.1 Å². The summed E-state index contributed by atoms with van der Waals surface area (Å²) in [5.74, 6) is 8.13. The molecular formula is C17H26N2O2. The van der Waals surface area contributed by atoms with Crippen molar-refractivity contribution < 1.29 is 9.47 Å². The van der Waals surface area contributed by atoms with E-state index >= 15 is 0 Å². The molecule has 0 spiro atoms. The Balaban J connectivity index is 1.89. The number of rotatable bonds is 3. The SMILES string of the molecule is CC1(C)CCCCC1C(NN)c1ccc2c(c1)OCCO2. The molecule has 0 aromatic heterocycles. The third kappa shape index (κ3) is 2.87. The van der Waals surface area contributed by atoms with Crippen LogP contribution in [0.15, 0.2) is 18.2 Å². The number of fused-ring (bicyclic) bond motifs is 1. The Hall–Kier alpha value is -1.26. The minimum atomic E-state index is 0.163. The van der Waals surface area contributed by atoms with Crippen molar-refractivity contribution in [2.24, 2.45) is 17.2 Å². The van der Waals surface area contributed by atoms with Gasteiger partial charge in [0.15, 0.2) is 11.5 Å². The lowest BCUT2D eigenvalue weighted by molar-refractivity contribution is 0.0978. The second-order valence-electron chi connectivity index (χ2n) is 6.89. The molecule has 0 bridgehead atoms. The van der Waals surface area contributed by atoms with E-state index in [4.69, 9.17) is 15.3 Å². The Labute approximate surface area is 127 Å². The average Bonchev–Trinajstić information content (AvgIpc) is 2.49. The number of hydrazine groups is 1. The highest BCUT2D eigenvalue weighted by Crippen LogP contribution is 2.47. The van der Waals surface area contributed by atoms with Gasteiger partial charge < -0.3 is 9.47 Å². The molecule has 1 aliphatic carbocycles. The number of hydrogen-bond acceptors (Lipinski definition) is 4. The molecule has 2 atom stereocenters. The summed E-state index contributed by atoms with van der Waals surface area (Å²) in [6, 6.07) is 6.37. The summed E-state index contributed by atoms with van der Waals surface area (Å²) < 4.78 is 11.3. The maximum atomic E-state index is 5.91. The van der Waals surface area contributed by atoms with Crippen LogP contribution in [-0.4, -0.2) is 13.2 Å². The quantitative estimate of drug-likeness (QED) is 0.663. The second kappa shape index (κ2) is 5.85. The molecule has 4 nitrogen and oxygen atoms in total. The highest BCUT2D eigenvalue weighted by Gasteiger charge is 2.38. The van der Waals surface area contributed by atoms with E-state index in [1.165, 1.54) is 31.2 Å².